The molecule has 0 bridgehead atoms. The largest absolute Gasteiger partial charge is 0.506 e. The number of hydrogen-bond donors (Lipinski definition) is 1. The Morgan fingerprint density at radius 3 is 2.50 bits per heavy atom. The summed E-state index contributed by atoms with van der Waals surface area (Å²) in [6.07, 6.45) is 0. The van der Waals surface area contributed by atoms with Crippen LogP contribution in [0.15, 0.2) is 22.7 Å². The molecule has 1 rings (SSSR count). The Morgan fingerprint density at radius 1 is 1.19 bits per heavy atom. The number of phenols is 1. The smallest absolute Gasteiger partial charge is 0.134 e. The monoisotopic (exact) mass is 286 g/mol. The third-order valence-electron chi connectivity index (χ3n) is 2.44. The Morgan fingerprint density at radius 2 is 1.88 bits per heavy atom. The highest BCUT2D eigenvalue weighted by atomic mass is 79.9. The molecule has 0 atom stereocenters. The fraction of sp³-hybridized carbons (Fsp3) is 0.500. The molecule has 0 amide bonds. The fourth-order valence-electron chi connectivity index (χ4n) is 1.43. The van der Waals surface area contributed by atoms with Crippen LogP contribution in [-0.4, -0.2) is 49.1 Å². The lowest BCUT2D eigenvalue weighted by molar-refractivity contribution is 0.273. The summed E-state index contributed by atoms with van der Waals surface area (Å²) >= 11 is 3.32. The first-order valence-electron chi connectivity index (χ1n) is 5.30. The molecule has 0 aliphatic carbocycles. The van der Waals surface area contributed by atoms with Crippen molar-refractivity contribution in [3.8, 4) is 5.75 Å². The first-order chi connectivity index (χ1) is 7.50. The molecule has 0 aliphatic rings. The predicted octanol–water partition coefficient (Wildman–Crippen LogP) is 2.15. The second-order valence-electron chi connectivity index (χ2n) is 4.29. The van der Waals surface area contributed by atoms with Crippen LogP contribution in [-0.2, 0) is 6.54 Å². The number of aromatic hydroxyl groups is 1. The molecule has 0 aliphatic heterocycles. The second-order valence-corrected chi connectivity index (χ2v) is 5.14. The zero-order valence-electron chi connectivity index (χ0n) is 10.1. The zero-order valence-corrected chi connectivity index (χ0v) is 11.7. The number of rotatable bonds is 5. The summed E-state index contributed by atoms with van der Waals surface area (Å²) in [5, 5.41) is 9.84. The molecule has 0 aromatic heterocycles. The number of phenolic OH excluding ortho intramolecular Hbond substituents is 1. The topological polar surface area (TPSA) is 26.7 Å². The van der Waals surface area contributed by atoms with Crippen LogP contribution in [0.3, 0.4) is 0 Å². The molecule has 3 nitrogen and oxygen atoms in total. The van der Waals surface area contributed by atoms with Gasteiger partial charge in [-0.1, -0.05) is 12.1 Å². The quantitative estimate of drug-likeness (QED) is 0.899. The molecule has 90 valence electrons. The first kappa shape index (κ1) is 13.5. The van der Waals surface area contributed by atoms with Crippen LogP contribution in [0, 0.1) is 0 Å². The Labute approximate surface area is 106 Å². The van der Waals surface area contributed by atoms with Crippen molar-refractivity contribution >= 4 is 15.9 Å². The van der Waals surface area contributed by atoms with Gasteiger partial charge in [0.05, 0.1) is 4.47 Å². The van der Waals surface area contributed by atoms with E-state index in [4.69, 9.17) is 0 Å². The van der Waals surface area contributed by atoms with Crippen molar-refractivity contribution in [1.82, 2.24) is 9.80 Å². The molecule has 1 aromatic rings. The Hall–Kier alpha value is -0.580. The lowest BCUT2D eigenvalue weighted by Crippen LogP contribution is -2.28. The maximum Gasteiger partial charge on any atom is 0.134 e. The summed E-state index contributed by atoms with van der Waals surface area (Å²) in [7, 11) is 6.18. The molecule has 0 fully saturated rings. The molecule has 0 saturated carbocycles. The van der Waals surface area contributed by atoms with Gasteiger partial charge in [0, 0.05) is 25.2 Å². The third-order valence-corrected chi connectivity index (χ3v) is 3.08. The van der Waals surface area contributed by atoms with E-state index >= 15 is 0 Å². The molecule has 0 spiro atoms. The lowest BCUT2D eigenvalue weighted by Gasteiger charge is -2.20. The summed E-state index contributed by atoms with van der Waals surface area (Å²) in [4.78, 5) is 4.35. The van der Waals surface area contributed by atoms with Gasteiger partial charge in [-0.25, -0.2) is 0 Å². The van der Waals surface area contributed by atoms with Gasteiger partial charge < -0.3 is 14.9 Å². The van der Waals surface area contributed by atoms with Crippen LogP contribution in [0.1, 0.15) is 5.56 Å². The predicted molar refractivity (Wildman–Crippen MR) is 70.7 cm³/mol. The number of hydrogen-bond acceptors (Lipinski definition) is 3. The average molecular weight is 287 g/mol. The Bertz CT molecular complexity index is 342. The summed E-state index contributed by atoms with van der Waals surface area (Å²) in [5.74, 6) is 0.346. The second kappa shape index (κ2) is 6.23. The maximum atomic E-state index is 9.84. The van der Waals surface area contributed by atoms with E-state index in [-0.39, 0.29) is 0 Å². The van der Waals surface area contributed by atoms with Crippen LogP contribution < -0.4 is 0 Å². The van der Waals surface area contributed by atoms with Crippen molar-refractivity contribution in [2.24, 2.45) is 0 Å². The van der Waals surface area contributed by atoms with Gasteiger partial charge in [0.1, 0.15) is 5.75 Å². The molecule has 0 unspecified atom stereocenters. The van der Waals surface area contributed by atoms with Crippen molar-refractivity contribution in [2.45, 2.75) is 6.54 Å². The minimum Gasteiger partial charge on any atom is -0.506 e. The lowest BCUT2D eigenvalue weighted by atomic mass is 10.2. The Balaban J connectivity index is 2.56. The minimum atomic E-state index is 0.346. The van der Waals surface area contributed by atoms with E-state index in [1.54, 1.807) is 0 Å². The molecule has 4 heteroatoms. The molecular weight excluding hydrogens is 268 g/mol. The molecule has 0 heterocycles. The molecular formula is C12H19BrN2O. The number of benzene rings is 1. The minimum absolute atomic E-state index is 0.346. The van der Waals surface area contributed by atoms with Gasteiger partial charge in [0.15, 0.2) is 0 Å². The summed E-state index contributed by atoms with van der Waals surface area (Å²) in [6, 6.07) is 5.74. The molecule has 0 saturated heterocycles. The van der Waals surface area contributed by atoms with Crippen molar-refractivity contribution in [1.29, 1.82) is 0 Å². The van der Waals surface area contributed by atoms with Crippen LogP contribution >= 0.6 is 15.9 Å². The van der Waals surface area contributed by atoms with Crippen LogP contribution in [0.5, 0.6) is 5.75 Å². The van der Waals surface area contributed by atoms with E-state index in [0.29, 0.717) is 5.75 Å². The average Bonchev–Trinajstić information content (AvgIpc) is 2.22. The van der Waals surface area contributed by atoms with Gasteiger partial charge in [-0.2, -0.15) is 0 Å². The molecule has 1 aromatic carbocycles. The standard InChI is InChI=1S/C12H19BrN2O/c1-14(2)7-8-15(3)9-10-5-4-6-11(13)12(10)16/h4-6,16H,7-9H2,1-3H3. The van der Waals surface area contributed by atoms with Crippen molar-refractivity contribution < 1.29 is 5.11 Å². The van der Waals surface area contributed by atoms with E-state index in [1.807, 2.05) is 18.2 Å². The van der Waals surface area contributed by atoms with E-state index < -0.39 is 0 Å². The fourth-order valence-corrected chi connectivity index (χ4v) is 1.84. The summed E-state index contributed by atoms with van der Waals surface area (Å²) < 4.78 is 0.756. The highest BCUT2D eigenvalue weighted by Crippen LogP contribution is 2.27. The van der Waals surface area contributed by atoms with E-state index in [1.165, 1.54) is 0 Å². The zero-order chi connectivity index (χ0) is 12.1. The molecule has 16 heavy (non-hydrogen) atoms. The SMILES string of the molecule is CN(C)CCN(C)Cc1cccc(Br)c1O. The summed E-state index contributed by atoms with van der Waals surface area (Å²) in [6.45, 7) is 2.77. The number of halogens is 1. The highest BCUT2D eigenvalue weighted by Gasteiger charge is 2.07. The van der Waals surface area contributed by atoms with E-state index in [9.17, 15) is 5.11 Å². The van der Waals surface area contributed by atoms with Crippen molar-refractivity contribution in [3.63, 3.8) is 0 Å². The number of nitrogens with zero attached hydrogens (tertiary/aromatic N) is 2. The van der Waals surface area contributed by atoms with Crippen LogP contribution in [0.25, 0.3) is 0 Å². The first-order valence-corrected chi connectivity index (χ1v) is 6.09. The number of para-hydroxylation sites is 1. The van der Waals surface area contributed by atoms with Gasteiger partial charge in [0.2, 0.25) is 0 Å². The highest BCUT2D eigenvalue weighted by molar-refractivity contribution is 9.10. The van der Waals surface area contributed by atoms with Gasteiger partial charge >= 0.3 is 0 Å². The third kappa shape index (κ3) is 4.12. The van der Waals surface area contributed by atoms with Crippen LogP contribution in [0.2, 0.25) is 0 Å². The van der Waals surface area contributed by atoms with Crippen molar-refractivity contribution in [3.05, 3.63) is 28.2 Å². The van der Waals surface area contributed by atoms with Gasteiger partial charge in [-0.15, -0.1) is 0 Å². The van der Waals surface area contributed by atoms with E-state index in [2.05, 4.69) is 46.9 Å². The van der Waals surface area contributed by atoms with Gasteiger partial charge in [-0.3, -0.25) is 0 Å². The van der Waals surface area contributed by atoms with Crippen molar-refractivity contribution in [2.75, 3.05) is 34.2 Å². The molecule has 1 N–H and O–H groups in total. The van der Waals surface area contributed by atoms with Gasteiger partial charge in [-0.05, 0) is 43.1 Å². The maximum absolute atomic E-state index is 9.84. The summed E-state index contributed by atoms with van der Waals surface area (Å²) in [5.41, 5.74) is 0.954. The molecule has 0 radical (unpaired) electrons. The van der Waals surface area contributed by atoms with Gasteiger partial charge in [0.25, 0.3) is 0 Å². The number of likely N-dealkylation sites (N-methyl/N-ethyl adjacent to an activating group) is 2. The van der Waals surface area contributed by atoms with E-state index in [0.717, 1.165) is 29.7 Å². The Kier molecular flexibility index (Phi) is 5.25. The normalized spacial score (nSPS) is 11.4. The van der Waals surface area contributed by atoms with Crippen LogP contribution in [0.4, 0.5) is 0 Å².